The summed E-state index contributed by atoms with van der Waals surface area (Å²) < 4.78 is 26.7. The first-order valence-corrected chi connectivity index (χ1v) is 7.87. The Balaban J connectivity index is 3.10. The van der Waals surface area contributed by atoms with Crippen molar-refractivity contribution >= 4 is 15.7 Å². The number of para-hydroxylation sites is 1. The SMILES string of the molecule is CCNS(=O)(=O)c1ccccc1NC(C)(C)CCN. The molecule has 0 amide bonds. The van der Waals surface area contributed by atoms with E-state index in [4.69, 9.17) is 5.73 Å². The average Bonchev–Trinajstić information content (AvgIpc) is 2.28. The molecule has 0 saturated heterocycles. The molecule has 0 aliphatic rings. The quantitative estimate of drug-likeness (QED) is 0.709. The topological polar surface area (TPSA) is 84.2 Å². The molecule has 0 fully saturated rings. The van der Waals surface area contributed by atoms with E-state index >= 15 is 0 Å². The van der Waals surface area contributed by atoms with Gasteiger partial charge in [0, 0.05) is 12.1 Å². The Bertz CT molecular complexity index is 512. The summed E-state index contributed by atoms with van der Waals surface area (Å²) in [5.41, 5.74) is 5.91. The molecule has 1 aromatic carbocycles. The fraction of sp³-hybridized carbons (Fsp3) is 0.538. The predicted molar refractivity (Wildman–Crippen MR) is 78.7 cm³/mol. The van der Waals surface area contributed by atoms with Crippen LogP contribution in [-0.4, -0.2) is 27.0 Å². The molecule has 0 aliphatic heterocycles. The third kappa shape index (κ3) is 4.49. The largest absolute Gasteiger partial charge is 0.379 e. The minimum absolute atomic E-state index is 0.257. The number of nitrogens with two attached hydrogens (primary N) is 1. The second-order valence-corrected chi connectivity index (χ2v) is 6.78. The lowest BCUT2D eigenvalue weighted by Crippen LogP contribution is -2.34. The third-order valence-corrected chi connectivity index (χ3v) is 4.36. The van der Waals surface area contributed by atoms with Gasteiger partial charge < -0.3 is 11.1 Å². The standard InChI is InChI=1S/C13H23N3O2S/c1-4-15-19(17,18)12-8-6-5-7-11(12)16-13(2,3)9-10-14/h5-8,15-16H,4,9-10,14H2,1-3H3. The van der Waals surface area contributed by atoms with Crippen molar-refractivity contribution < 1.29 is 8.42 Å². The summed E-state index contributed by atoms with van der Waals surface area (Å²) in [6, 6.07) is 6.89. The second-order valence-electron chi connectivity index (χ2n) is 5.05. The van der Waals surface area contributed by atoms with Gasteiger partial charge in [0.15, 0.2) is 0 Å². The highest BCUT2D eigenvalue weighted by Gasteiger charge is 2.22. The van der Waals surface area contributed by atoms with Crippen LogP contribution in [0.25, 0.3) is 0 Å². The minimum Gasteiger partial charge on any atom is -0.379 e. The van der Waals surface area contributed by atoms with E-state index in [0.29, 0.717) is 18.8 Å². The zero-order valence-electron chi connectivity index (χ0n) is 11.7. The number of nitrogens with one attached hydrogen (secondary N) is 2. The normalized spacial score (nSPS) is 12.4. The van der Waals surface area contributed by atoms with Gasteiger partial charge in [0.05, 0.1) is 5.69 Å². The summed E-state index contributed by atoms with van der Waals surface area (Å²) in [6.07, 6.45) is 0.753. The fourth-order valence-electron chi connectivity index (χ4n) is 1.86. The van der Waals surface area contributed by atoms with Gasteiger partial charge in [-0.3, -0.25) is 0 Å². The van der Waals surface area contributed by atoms with Crippen LogP contribution in [0.2, 0.25) is 0 Å². The van der Waals surface area contributed by atoms with E-state index in [9.17, 15) is 8.42 Å². The van der Waals surface area contributed by atoms with Crippen LogP contribution in [0, 0.1) is 0 Å². The number of hydrogen-bond acceptors (Lipinski definition) is 4. The van der Waals surface area contributed by atoms with E-state index in [1.807, 2.05) is 19.9 Å². The van der Waals surface area contributed by atoms with Crippen LogP contribution in [0.5, 0.6) is 0 Å². The fourth-order valence-corrected chi connectivity index (χ4v) is 3.06. The van der Waals surface area contributed by atoms with Crippen molar-refractivity contribution in [3.05, 3.63) is 24.3 Å². The van der Waals surface area contributed by atoms with Gasteiger partial charge >= 0.3 is 0 Å². The van der Waals surface area contributed by atoms with Gasteiger partial charge in [0.1, 0.15) is 4.90 Å². The van der Waals surface area contributed by atoms with Crippen molar-refractivity contribution in [2.75, 3.05) is 18.4 Å². The molecular weight excluding hydrogens is 262 g/mol. The summed E-state index contributed by atoms with van der Waals surface area (Å²) in [6.45, 7) is 6.66. The molecule has 0 atom stereocenters. The van der Waals surface area contributed by atoms with Crippen molar-refractivity contribution in [2.24, 2.45) is 5.73 Å². The van der Waals surface area contributed by atoms with Gasteiger partial charge in [0.25, 0.3) is 0 Å². The van der Waals surface area contributed by atoms with Gasteiger partial charge in [-0.1, -0.05) is 19.1 Å². The molecule has 0 aliphatic carbocycles. The van der Waals surface area contributed by atoms with Crippen LogP contribution in [0.1, 0.15) is 27.2 Å². The first-order valence-electron chi connectivity index (χ1n) is 6.39. The van der Waals surface area contributed by atoms with Crippen LogP contribution in [0.4, 0.5) is 5.69 Å². The van der Waals surface area contributed by atoms with E-state index < -0.39 is 10.0 Å². The van der Waals surface area contributed by atoms with Crippen molar-refractivity contribution in [2.45, 2.75) is 37.6 Å². The van der Waals surface area contributed by atoms with Crippen LogP contribution in [-0.2, 0) is 10.0 Å². The first kappa shape index (κ1) is 15.9. The molecule has 6 heteroatoms. The van der Waals surface area contributed by atoms with Gasteiger partial charge in [0.2, 0.25) is 10.0 Å². The van der Waals surface area contributed by atoms with Gasteiger partial charge in [-0.2, -0.15) is 0 Å². The number of anilines is 1. The highest BCUT2D eigenvalue weighted by Crippen LogP contribution is 2.25. The van der Waals surface area contributed by atoms with Crippen molar-refractivity contribution in [1.82, 2.24) is 4.72 Å². The molecule has 0 unspecified atom stereocenters. The predicted octanol–water partition coefficient (Wildman–Crippen LogP) is 1.52. The second kappa shape index (κ2) is 6.36. The van der Waals surface area contributed by atoms with E-state index in [0.717, 1.165) is 6.42 Å². The Kier molecular flexibility index (Phi) is 5.34. The maximum atomic E-state index is 12.1. The van der Waals surface area contributed by atoms with Crippen molar-refractivity contribution in [3.8, 4) is 0 Å². The molecule has 0 radical (unpaired) electrons. The number of hydrogen-bond donors (Lipinski definition) is 3. The summed E-state index contributed by atoms with van der Waals surface area (Å²) in [7, 11) is -3.47. The third-order valence-electron chi connectivity index (χ3n) is 2.75. The lowest BCUT2D eigenvalue weighted by atomic mass is 10.0. The summed E-state index contributed by atoms with van der Waals surface area (Å²) in [5.74, 6) is 0. The Labute approximate surface area is 115 Å². The molecule has 1 aromatic rings. The monoisotopic (exact) mass is 285 g/mol. The molecule has 5 nitrogen and oxygen atoms in total. The van der Waals surface area contributed by atoms with Crippen LogP contribution in [0.15, 0.2) is 29.2 Å². The Hall–Kier alpha value is -1.11. The van der Waals surface area contributed by atoms with Crippen LogP contribution >= 0.6 is 0 Å². The van der Waals surface area contributed by atoms with Crippen LogP contribution in [0.3, 0.4) is 0 Å². The maximum Gasteiger partial charge on any atom is 0.242 e. The summed E-state index contributed by atoms with van der Waals surface area (Å²) in [4.78, 5) is 0.266. The molecule has 0 aromatic heterocycles. The highest BCUT2D eigenvalue weighted by atomic mass is 32.2. The number of benzene rings is 1. The smallest absolute Gasteiger partial charge is 0.242 e. The van der Waals surface area contributed by atoms with E-state index in [-0.39, 0.29) is 10.4 Å². The number of rotatable bonds is 7. The van der Waals surface area contributed by atoms with Gasteiger partial charge in [-0.25, -0.2) is 13.1 Å². The Morgan fingerprint density at radius 3 is 2.47 bits per heavy atom. The maximum absolute atomic E-state index is 12.1. The van der Waals surface area contributed by atoms with E-state index in [2.05, 4.69) is 10.0 Å². The molecular formula is C13H23N3O2S. The molecule has 0 spiro atoms. The first-order chi connectivity index (χ1) is 8.82. The lowest BCUT2D eigenvalue weighted by Gasteiger charge is -2.28. The van der Waals surface area contributed by atoms with Gasteiger partial charge in [-0.05, 0) is 38.9 Å². The zero-order valence-corrected chi connectivity index (χ0v) is 12.5. The minimum atomic E-state index is -3.47. The number of sulfonamides is 1. The molecule has 108 valence electrons. The molecule has 4 N–H and O–H groups in total. The summed E-state index contributed by atoms with van der Waals surface area (Å²) >= 11 is 0. The van der Waals surface area contributed by atoms with Crippen molar-refractivity contribution in [1.29, 1.82) is 0 Å². The highest BCUT2D eigenvalue weighted by molar-refractivity contribution is 7.89. The zero-order chi connectivity index (χ0) is 14.5. The summed E-state index contributed by atoms with van der Waals surface area (Å²) in [5, 5.41) is 3.25. The van der Waals surface area contributed by atoms with E-state index in [1.165, 1.54) is 0 Å². The molecule has 0 heterocycles. The molecule has 0 saturated carbocycles. The molecule has 0 bridgehead atoms. The Morgan fingerprint density at radius 1 is 1.26 bits per heavy atom. The van der Waals surface area contributed by atoms with Crippen LogP contribution < -0.4 is 15.8 Å². The average molecular weight is 285 g/mol. The Morgan fingerprint density at radius 2 is 1.89 bits per heavy atom. The van der Waals surface area contributed by atoms with Gasteiger partial charge in [-0.15, -0.1) is 0 Å². The lowest BCUT2D eigenvalue weighted by molar-refractivity contribution is 0.524. The van der Waals surface area contributed by atoms with Crippen molar-refractivity contribution in [3.63, 3.8) is 0 Å². The molecule has 1 rings (SSSR count). The van der Waals surface area contributed by atoms with E-state index in [1.54, 1.807) is 25.1 Å². The molecule has 19 heavy (non-hydrogen) atoms.